The lowest BCUT2D eigenvalue weighted by Crippen LogP contribution is -2.27. The highest BCUT2D eigenvalue weighted by Gasteiger charge is 2.27. The SMILES string of the molecule is COC(=O)c1ccc(OC)c(Nc2cc(C3CC3)nc(NC(C)(C)C)n2)c1. The Hall–Kier alpha value is -2.83. The van der Waals surface area contributed by atoms with Gasteiger partial charge in [-0.1, -0.05) is 0 Å². The van der Waals surface area contributed by atoms with Crippen molar-refractivity contribution >= 4 is 23.4 Å². The van der Waals surface area contributed by atoms with E-state index in [0.717, 1.165) is 18.5 Å². The first-order chi connectivity index (χ1) is 12.8. The summed E-state index contributed by atoms with van der Waals surface area (Å²) in [7, 11) is 2.94. The summed E-state index contributed by atoms with van der Waals surface area (Å²) in [4.78, 5) is 21.1. The van der Waals surface area contributed by atoms with Crippen molar-refractivity contribution in [1.29, 1.82) is 0 Å². The van der Waals surface area contributed by atoms with Crippen molar-refractivity contribution < 1.29 is 14.3 Å². The van der Waals surface area contributed by atoms with Gasteiger partial charge in [-0.05, 0) is 51.8 Å². The van der Waals surface area contributed by atoms with Crippen molar-refractivity contribution in [3.63, 3.8) is 0 Å². The van der Waals surface area contributed by atoms with Crippen LogP contribution < -0.4 is 15.4 Å². The van der Waals surface area contributed by atoms with Crippen molar-refractivity contribution in [3.8, 4) is 5.75 Å². The summed E-state index contributed by atoms with van der Waals surface area (Å²) in [5.41, 5.74) is 1.94. The van der Waals surface area contributed by atoms with Gasteiger partial charge < -0.3 is 20.1 Å². The van der Waals surface area contributed by atoms with Crippen LogP contribution in [0.25, 0.3) is 0 Å². The number of hydrogen-bond acceptors (Lipinski definition) is 7. The second-order valence-electron chi connectivity index (χ2n) is 7.68. The zero-order chi connectivity index (χ0) is 19.6. The summed E-state index contributed by atoms with van der Waals surface area (Å²) in [6, 6.07) is 7.04. The molecule has 1 aromatic heterocycles. The van der Waals surface area contributed by atoms with Gasteiger partial charge in [-0.15, -0.1) is 0 Å². The molecule has 1 saturated carbocycles. The van der Waals surface area contributed by atoms with Gasteiger partial charge in [0.2, 0.25) is 5.95 Å². The molecular formula is C20H26N4O3. The third-order valence-electron chi connectivity index (χ3n) is 4.11. The molecule has 0 radical (unpaired) electrons. The van der Waals surface area contributed by atoms with Crippen molar-refractivity contribution in [3.05, 3.63) is 35.5 Å². The first-order valence-electron chi connectivity index (χ1n) is 8.99. The van der Waals surface area contributed by atoms with Crippen LogP contribution in [0.2, 0.25) is 0 Å². The molecule has 7 nitrogen and oxygen atoms in total. The largest absolute Gasteiger partial charge is 0.495 e. The van der Waals surface area contributed by atoms with Crippen molar-refractivity contribution in [2.45, 2.75) is 45.1 Å². The normalized spacial score (nSPS) is 13.8. The quantitative estimate of drug-likeness (QED) is 0.740. The van der Waals surface area contributed by atoms with E-state index >= 15 is 0 Å². The van der Waals surface area contributed by atoms with Crippen LogP contribution in [0.4, 0.5) is 17.5 Å². The lowest BCUT2D eigenvalue weighted by atomic mass is 10.1. The summed E-state index contributed by atoms with van der Waals surface area (Å²) < 4.78 is 10.2. The maximum Gasteiger partial charge on any atom is 0.337 e. The van der Waals surface area contributed by atoms with E-state index in [1.165, 1.54) is 7.11 Å². The average molecular weight is 370 g/mol. The number of rotatable bonds is 6. The minimum absolute atomic E-state index is 0.151. The number of ether oxygens (including phenoxy) is 2. The molecule has 27 heavy (non-hydrogen) atoms. The van der Waals surface area contributed by atoms with Crippen LogP contribution in [-0.4, -0.2) is 35.7 Å². The number of anilines is 3. The molecule has 0 atom stereocenters. The number of nitrogens with zero attached hydrogens (tertiary/aromatic N) is 2. The number of aromatic nitrogens is 2. The van der Waals surface area contributed by atoms with E-state index in [2.05, 4.69) is 41.4 Å². The van der Waals surface area contributed by atoms with E-state index in [4.69, 9.17) is 9.47 Å². The highest BCUT2D eigenvalue weighted by Crippen LogP contribution is 2.40. The van der Waals surface area contributed by atoms with Crippen LogP contribution in [0.15, 0.2) is 24.3 Å². The van der Waals surface area contributed by atoms with Gasteiger partial charge in [0, 0.05) is 17.5 Å². The van der Waals surface area contributed by atoms with Crippen molar-refractivity contribution in [2.75, 3.05) is 24.9 Å². The standard InChI is InChI=1S/C20H26N4O3/c1-20(2,3)24-19-22-14(12-6-7-12)11-17(23-19)21-15-10-13(18(25)27-5)8-9-16(15)26-4/h8-12H,6-7H2,1-5H3,(H2,21,22,23,24). The first-order valence-corrected chi connectivity index (χ1v) is 8.99. The molecule has 2 N–H and O–H groups in total. The third-order valence-corrected chi connectivity index (χ3v) is 4.11. The van der Waals surface area contributed by atoms with Crippen molar-refractivity contribution in [2.24, 2.45) is 0 Å². The van der Waals surface area contributed by atoms with Crippen LogP contribution >= 0.6 is 0 Å². The Balaban J connectivity index is 1.95. The minimum Gasteiger partial charge on any atom is -0.495 e. The molecule has 0 unspecified atom stereocenters. The molecule has 0 bridgehead atoms. The lowest BCUT2D eigenvalue weighted by molar-refractivity contribution is 0.0600. The topological polar surface area (TPSA) is 85.4 Å². The van der Waals surface area contributed by atoms with Crippen LogP contribution in [-0.2, 0) is 4.74 Å². The molecule has 0 saturated heterocycles. The Morgan fingerprint density at radius 3 is 2.48 bits per heavy atom. The van der Waals surface area contributed by atoms with E-state index in [1.807, 2.05) is 6.07 Å². The van der Waals surface area contributed by atoms with Crippen LogP contribution in [0.5, 0.6) is 5.75 Å². The number of carbonyl (C=O) groups excluding carboxylic acids is 1. The number of esters is 1. The second-order valence-corrected chi connectivity index (χ2v) is 7.68. The molecule has 1 aliphatic carbocycles. The molecule has 0 amide bonds. The van der Waals surface area contributed by atoms with Gasteiger partial charge in [-0.25, -0.2) is 9.78 Å². The molecule has 0 spiro atoms. The fourth-order valence-electron chi connectivity index (χ4n) is 2.70. The molecular weight excluding hydrogens is 344 g/mol. The van der Waals surface area contributed by atoms with E-state index in [1.54, 1.807) is 25.3 Å². The van der Waals surface area contributed by atoms with E-state index in [0.29, 0.717) is 34.7 Å². The maximum absolute atomic E-state index is 11.9. The molecule has 1 fully saturated rings. The highest BCUT2D eigenvalue weighted by molar-refractivity contribution is 5.91. The predicted octanol–water partition coefficient (Wildman–Crippen LogP) is 4.10. The summed E-state index contributed by atoms with van der Waals surface area (Å²) in [6.07, 6.45) is 2.29. The zero-order valence-electron chi connectivity index (χ0n) is 16.4. The van der Waals surface area contributed by atoms with Crippen LogP contribution in [0.3, 0.4) is 0 Å². The van der Waals surface area contributed by atoms with Gasteiger partial charge in [0.25, 0.3) is 0 Å². The Labute approximate surface area is 159 Å². The van der Waals surface area contributed by atoms with Crippen molar-refractivity contribution in [1.82, 2.24) is 9.97 Å². The van der Waals surface area contributed by atoms with E-state index in [-0.39, 0.29) is 5.54 Å². The highest BCUT2D eigenvalue weighted by atomic mass is 16.5. The predicted molar refractivity (Wildman–Crippen MR) is 105 cm³/mol. The van der Waals surface area contributed by atoms with Crippen LogP contribution in [0, 0.1) is 0 Å². The Bertz CT molecular complexity index is 842. The number of hydrogen-bond donors (Lipinski definition) is 2. The van der Waals surface area contributed by atoms with Gasteiger partial charge in [0.05, 0.1) is 31.2 Å². The fourth-order valence-corrected chi connectivity index (χ4v) is 2.70. The smallest absolute Gasteiger partial charge is 0.337 e. The van der Waals surface area contributed by atoms with Gasteiger partial charge in [-0.2, -0.15) is 4.98 Å². The number of methoxy groups -OCH3 is 2. The van der Waals surface area contributed by atoms with Gasteiger partial charge in [0.1, 0.15) is 11.6 Å². The number of nitrogens with one attached hydrogen (secondary N) is 2. The molecule has 1 aliphatic rings. The second kappa shape index (κ2) is 7.42. The number of benzene rings is 1. The summed E-state index contributed by atoms with van der Waals surface area (Å²) in [6.45, 7) is 6.20. The third kappa shape index (κ3) is 4.87. The van der Waals surface area contributed by atoms with Crippen LogP contribution in [0.1, 0.15) is 55.6 Å². The Morgan fingerprint density at radius 1 is 1.15 bits per heavy atom. The van der Waals surface area contributed by atoms with E-state index in [9.17, 15) is 4.79 Å². The van der Waals surface area contributed by atoms with E-state index < -0.39 is 5.97 Å². The molecule has 3 rings (SSSR count). The molecule has 1 aromatic carbocycles. The molecule has 0 aliphatic heterocycles. The summed E-state index contributed by atoms with van der Waals surface area (Å²) in [5.74, 6) is 1.92. The Kier molecular flexibility index (Phi) is 5.21. The number of carbonyl (C=O) groups is 1. The monoisotopic (exact) mass is 370 g/mol. The summed E-state index contributed by atoms with van der Waals surface area (Å²) >= 11 is 0. The van der Waals surface area contributed by atoms with Gasteiger partial charge >= 0.3 is 5.97 Å². The first kappa shape index (κ1) is 18.9. The Morgan fingerprint density at radius 2 is 1.89 bits per heavy atom. The molecule has 7 heteroatoms. The summed E-state index contributed by atoms with van der Waals surface area (Å²) in [5, 5.41) is 6.60. The molecule has 144 valence electrons. The minimum atomic E-state index is -0.405. The fraction of sp³-hybridized carbons (Fsp3) is 0.450. The molecule has 2 aromatic rings. The lowest BCUT2D eigenvalue weighted by Gasteiger charge is -2.21. The molecule has 1 heterocycles. The average Bonchev–Trinajstić information content (AvgIpc) is 3.44. The van der Waals surface area contributed by atoms with Gasteiger partial charge in [0.15, 0.2) is 0 Å². The van der Waals surface area contributed by atoms with Gasteiger partial charge in [-0.3, -0.25) is 0 Å². The maximum atomic E-state index is 11.9. The zero-order valence-corrected chi connectivity index (χ0v) is 16.4.